The highest BCUT2D eigenvalue weighted by Crippen LogP contribution is 2.31. The smallest absolute Gasteiger partial charge is 0.243 e. The topological polar surface area (TPSA) is 32.3 Å². The first-order valence-corrected chi connectivity index (χ1v) is 7.83. The van der Waals surface area contributed by atoms with Crippen LogP contribution in [-0.2, 0) is 11.2 Å². The molecule has 0 spiro atoms. The van der Waals surface area contributed by atoms with Crippen molar-refractivity contribution in [1.29, 1.82) is 0 Å². The van der Waals surface area contributed by atoms with Crippen LogP contribution in [0.25, 0.3) is 0 Å². The number of rotatable bonds is 3. The summed E-state index contributed by atoms with van der Waals surface area (Å²) in [5.74, 6) is -0.0469. The second-order valence-electron chi connectivity index (χ2n) is 5.84. The molecule has 0 fully saturated rings. The van der Waals surface area contributed by atoms with E-state index in [4.69, 9.17) is 11.6 Å². The van der Waals surface area contributed by atoms with Gasteiger partial charge in [0.25, 0.3) is 0 Å². The summed E-state index contributed by atoms with van der Waals surface area (Å²) in [7, 11) is 0. The number of nitrogens with zero attached hydrogens (tertiary/aromatic N) is 1. The average molecular weight is 315 g/mol. The lowest BCUT2D eigenvalue weighted by atomic mass is 10.1. The van der Waals surface area contributed by atoms with Crippen molar-refractivity contribution in [3.63, 3.8) is 0 Å². The number of fused-ring (bicyclic) bond motifs is 1. The Bertz CT molecular complexity index is 714. The third-order valence-electron chi connectivity index (χ3n) is 4.06. The van der Waals surface area contributed by atoms with Gasteiger partial charge in [-0.1, -0.05) is 35.9 Å². The number of carbonyl (C=O) groups is 1. The molecule has 1 amide bonds. The highest BCUT2D eigenvalue weighted by Gasteiger charge is 2.27. The maximum atomic E-state index is 12.3. The van der Waals surface area contributed by atoms with Crippen molar-refractivity contribution in [3.8, 4) is 0 Å². The number of hydrogen-bond acceptors (Lipinski definition) is 2. The largest absolute Gasteiger partial charge is 0.359 e. The molecular weight excluding hydrogens is 296 g/mol. The minimum absolute atomic E-state index is 0.0469. The van der Waals surface area contributed by atoms with E-state index in [1.165, 1.54) is 5.56 Å². The molecule has 0 radical (unpaired) electrons. The van der Waals surface area contributed by atoms with Gasteiger partial charge in [-0.05, 0) is 49.6 Å². The van der Waals surface area contributed by atoms with Crippen LogP contribution in [0.4, 0.5) is 11.4 Å². The Morgan fingerprint density at radius 1 is 1.32 bits per heavy atom. The number of benzene rings is 2. The zero-order chi connectivity index (χ0) is 15.7. The fraction of sp³-hybridized carbons (Fsp3) is 0.278. The van der Waals surface area contributed by atoms with Gasteiger partial charge in [-0.15, -0.1) is 0 Å². The SMILES string of the molecule is Cc1ccc(NC(=O)CN2c3ccccc3C[C@H]2C)c(Cl)c1. The standard InChI is InChI=1S/C18H19ClN2O/c1-12-7-8-16(15(19)9-12)20-18(22)11-21-13(2)10-14-5-3-4-6-17(14)21/h3-9,13H,10-11H2,1-2H3,(H,20,22)/t13-/m1/s1. The summed E-state index contributed by atoms with van der Waals surface area (Å²) in [6.45, 7) is 4.45. The molecule has 3 nitrogen and oxygen atoms in total. The average Bonchev–Trinajstić information content (AvgIpc) is 2.78. The van der Waals surface area contributed by atoms with Crippen molar-refractivity contribution in [2.24, 2.45) is 0 Å². The van der Waals surface area contributed by atoms with E-state index in [1.807, 2.05) is 37.3 Å². The van der Waals surface area contributed by atoms with Crippen molar-refractivity contribution < 1.29 is 4.79 Å². The van der Waals surface area contributed by atoms with Gasteiger partial charge in [-0.2, -0.15) is 0 Å². The normalized spacial score (nSPS) is 16.5. The Balaban J connectivity index is 1.72. The maximum absolute atomic E-state index is 12.3. The number of hydrogen-bond donors (Lipinski definition) is 1. The van der Waals surface area contributed by atoms with Crippen molar-refractivity contribution in [1.82, 2.24) is 0 Å². The Kier molecular flexibility index (Phi) is 4.08. The molecule has 0 aromatic heterocycles. The predicted molar refractivity (Wildman–Crippen MR) is 91.8 cm³/mol. The van der Waals surface area contributed by atoms with E-state index >= 15 is 0 Å². The quantitative estimate of drug-likeness (QED) is 0.927. The van der Waals surface area contributed by atoms with Crippen LogP contribution in [0, 0.1) is 6.92 Å². The van der Waals surface area contributed by atoms with Crippen LogP contribution >= 0.6 is 11.6 Å². The van der Waals surface area contributed by atoms with Gasteiger partial charge >= 0.3 is 0 Å². The Hall–Kier alpha value is -2.00. The van der Waals surface area contributed by atoms with Gasteiger partial charge in [0.05, 0.1) is 17.3 Å². The van der Waals surface area contributed by atoms with Crippen molar-refractivity contribution in [2.75, 3.05) is 16.8 Å². The second kappa shape index (κ2) is 6.01. The molecule has 1 aliphatic rings. The van der Waals surface area contributed by atoms with Gasteiger partial charge in [0.15, 0.2) is 0 Å². The van der Waals surface area contributed by atoms with Gasteiger partial charge in [0.1, 0.15) is 0 Å². The van der Waals surface area contributed by atoms with Crippen LogP contribution in [0.2, 0.25) is 5.02 Å². The van der Waals surface area contributed by atoms with Crippen LogP contribution in [0.15, 0.2) is 42.5 Å². The lowest BCUT2D eigenvalue weighted by Gasteiger charge is -2.24. The van der Waals surface area contributed by atoms with Crippen LogP contribution in [-0.4, -0.2) is 18.5 Å². The van der Waals surface area contributed by atoms with Gasteiger partial charge < -0.3 is 10.2 Å². The highest BCUT2D eigenvalue weighted by molar-refractivity contribution is 6.33. The molecule has 1 atom stereocenters. The van der Waals surface area contributed by atoms with Crippen LogP contribution in [0.3, 0.4) is 0 Å². The van der Waals surface area contributed by atoms with Crippen LogP contribution in [0.5, 0.6) is 0 Å². The zero-order valence-electron chi connectivity index (χ0n) is 12.8. The first-order chi connectivity index (χ1) is 10.5. The second-order valence-corrected chi connectivity index (χ2v) is 6.25. The molecule has 3 rings (SSSR count). The molecule has 0 unspecified atom stereocenters. The number of para-hydroxylation sites is 1. The number of anilines is 2. The fourth-order valence-corrected chi connectivity index (χ4v) is 3.22. The highest BCUT2D eigenvalue weighted by atomic mass is 35.5. The minimum atomic E-state index is -0.0469. The molecule has 0 aliphatic carbocycles. The van der Waals surface area contributed by atoms with Crippen LogP contribution < -0.4 is 10.2 Å². The van der Waals surface area contributed by atoms with Crippen LogP contribution in [0.1, 0.15) is 18.1 Å². The van der Waals surface area contributed by atoms with Crippen molar-refractivity contribution >= 4 is 28.9 Å². The van der Waals surface area contributed by atoms with E-state index in [9.17, 15) is 4.79 Å². The summed E-state index contributed by atoms with van der Waals surface area (Å²) < 4.78 is 0. The molecule has 114 valence electrons. The number of halogens is 1. The molecule has 2 aromatic rings. The van der Waals surface area contributed by atoms with E-state index in [0.717, 1.165) is 17.7 Å². The summed E-state index contributed by atoms with van der Waals surface area (Å²) in [4.78, 5) is 14.5. The Morgan fingerprint density at radius 3 is 2.86 bits per heavy atom. The third-order valence-corrected chi connectivity index (χ3v) is 4.37. The summed E-state index contributed by atoms with van der Waals surface area (Å²) in [6.07, 6.45) is 0.981. The summed E-state index contributed by atoms with van der Waals surface area (Å²) in [5.41, 5.74) is 4.19. The maximum Gasteiger partial charge on any atom is 0.243 e. The summed E-state index contributed by atoms with van der Waals surface area (Å²) >= 11 is 6.17. The number of amides is 1. The van der Waals surface area contributed by atoms with E-state index in [2.05, 4.69) is 29.3 Å². The monoisotopic (exact) mass is 314 g/mol. The minimum Gasteiger partial charge on any atom is -0.359 e. The van der Waals surface area contributed by atoms with Crippen molar-refractivity contribution in [3.05, 3.63) is 58.6 Å². The molecular formula is C18H19ClN2O. The molecule has 1 heterocycles. The molecule has 0 saturated carbocycles. The summed E-state index contributed by atoms with van der Waals surface area (Å²) in [6, 6.07) is 14.2. The zero-order valence-corrected chi connectivity index (χ0v) is 13.5. The molecule has 1 N–H and O–H groups in total. The Morgan fingerprint density at radius 2 is 2.09 bits per heavy atom. The van der Waals surface area contributed by atoms with E-state index in [-0.39, 0.29) is 5.91 Å². The van der Waals surface area contributed by atoms with Gasteiger partial charge in [0.2, 0.25) is 5.91 Å². The first kappa shape index (κ1) is 14.9. The molecule has 4 heteroatoms. The molecule has 22 heavy (non-hydrogen) atoms. The lowest BCUT2D eigenvalue weighted by Crippen LogP contribution is -2.37. The summed E-state index contributed by atoms with van der Waals surface area (Å²) in [5, 5.41) is 3.48. The van der Waals surface area contributed by atoms with E-state index in [0.29, 0.717) is 23.3 Å². The van der Waals surface area contributed by atoms with Gasteiger partial charge in [-0.25, -0.2) is 0 Å². The number of aryl methyl sites for hydroxylation is 1. The predicted octanol–water partition coefficient (Wildman–Crippen LogP) is 4.04. The Labute approximate surface area is 135 Å². The number of nitrogens with one attached hydrogen (secondary N) is 1. The number of carbonyl (C=O) groups excluding carboxylic acids is 1. The molecule has 0 saturated heterocycles. The van der Waals surface area contributed by atoms with Gasteiger partial charge in [0, 0.05) is 11.7 Å². The van der Waals surface area contributed by atoms with E-state index in [1.54, 1.807) is 0 Å². The lowest BCUT2D eigenvalue weighted by molar-refractivity contribution is -0.115. The van der Waals surface area contributed by atoms with E-state index < -0.39 is 0 Å². The molecule has 0 bridgehead atoms. The first-order valence-electron chi connectivity index (χ1n) is 7.45. The molecule has 1 aliphatic heterocycles. The third kappa shape index (κ3) is 2.95. The van der Waals surface area contributed by atoms with Crippen molar-refractivity contribution in [2.45, 2.75) is 26.3 Å². The fourth-order valence-electron chi connectivity index (χ4n) is 2.94. The van der Waals surface area contributed by atoms with Gasteiger partial charge in [-0.3, -0.25) is 4.79 Å². The molecule has 2 aromatic carbocycles.